The van der Waals surface area contributed by atoms with Crippen LogP contribution in [0.15, 0.2) is 12.2 Å². The molecule has 0 amide bonds. The lowest BCUT2D eigenvalue weighted by molar-refractivity contribution is -0.306. The third kappa shape index (κ3) is 7.07. The molecule has 5 fully saturated rings. The lowest BCUT2D eigenvalue weighted by atomic mass is 9.31. The molecule has 0 radical (unpaired) electrons. The quantitative estimate of drug-likeness (QED) is 0.0957. The van der Waals surface area contributed by atoms with E-state index in [0.717, 1.165) is 51.4 Å². The molecule has 50 heavy (non-hydrogen) atoms. The van der Waals surface area contributed by atoms with Gasteiger partial charge in [0.15, 0.2) is 0 Å². The summed E-state index contributed by atoms with van der Waals surface area (Å²) in [7, 11) is 0. The van der Waals surface area contributed by atoms with Crippen LogP contribution >= 0.6 is 0 Å². The van der Waals surface area contributed by atoms with E-state index in [4.69, 9.17) is 4.74 Å². The molecule has 5 rings (SSSR count). The van der Waals surface area contributed by atoms with E-state index in [2.05, 4.69) is 62.0 Å². The van der Waals surface area contributed by atoms with Crippen LogP contribution in [0.5, 0.6) is 0 Å². The zero-order valence-electron chi connectivity index (χ0n) is 34.1. The Hall–Kier alpha value is -0.870. The highest BCUT2D eigenvalue weighted by Crippen LogP contribution is 2.77. The molecule has 4 nitrogen and oxygen atoms in total. The van der Waals surface area contributed by atoms with Gasteiger partial charge < -0.3 is 14.9 Å². The van der Waals surface area contributed by atoms with Crippen molar-refractivity contribution >= 4 is 5.97 Å². The third-order valence-electron chi connectivity index (χ3n) is 17.3. The first-order valence-corrected chi connectivity index (χ1v) is 21.8. The van der Waals surface area contributed by atoms with Crippen molar-refractivity contribution in [2.24, 2.45) is 56.7 Å². The fourth-order valence-corrected chi connectivity index (χ4v) is 14.2. The second kappa shape index (κ2) is 15.8. The summed E-state index contributed by atoms with van der Waals surface area (Å²) in [6.45, 7) is 23.3. The van der Waals surface area contributed by atoms with Gasteiger partial charge in [-0.25, -0.2) is 0 Å². The highest BCUT2D eigenvalue weighted by Gasteiger charge is 2.75. The van der Waals surface area contributed by atoms with Gasteiger partial charge in [-0.15, -0.1) is 0 Å². The molecule has 2 N–H and O–H groups in total. The van der Waals surface area contributed by atoms with Crippen molar-refractivity contribution in [2.45, 2.75) is 215 Å². The zero-order chi connectivity index (χ0) is 36.5. The van der Waals surface area contributed by atoms with Gasteiger partial charge in [-0.3, -0.25) is 4.79 Å². The first-order chi connectivity index (χ1) is 23.6. The Morgan fingerprint density at radius 3 is 1.88 bits per heavy atom. The van der Waals surface area contributed by atoms with Crippen molar-refractivity contribution in [3.05, 3.63) is 12.2 Å². The highest BCUT2D eigenvalue weighted by molar-refractivity contribution is 5.69. The van der Waals surface area contributed by atoms with Gasteiger partial charge in [-0.2, -0.15) is 0 Å². The number of hydrogen-bond donors (Lipinski definition) is 2. The lowest BCUT2D eigenvalue weighted by Gasteiger charge is -2.74. The standard InChI is InChI=1S/C46H80O4/c1-10-11-12-13-14-15-16-17-18-19-20-21-22-23-40(49)50-39-27-29-44(7)35-25-24-34-41-33(32(2)3)26-28-43(41,6)31-38(48)45(34,8)46(35,9)37(47)30-36(44)42(39,4)5/h33-39,41,47-48H,2,10-31H2,1,3-9H3/t33-,34+,35+,36-,37-,38-,39-,41+,43+,44+,45-,46-/m0/s1. The van der Waals surface area contributed by atoms with Crippen LogP contribution in [0.4, 0.5) is 0 Å². The van der Waals surface area contributed by atoms with Crippen molar-refractivity contribution in [3.63, 3.8) is 0 Å². The fraction of sp³-hybridized carbons (Fsp3) is 0.935. The topological polar surface area (TPSA) is 66.8 Å². The van der Waals surface area contributed by atoms with Crippen LogP contribution in [0.1, 0.15) is 197 Å². The van der Waals surface area contributed by atoms with E-state index in [1.807, 2.05) is 0 Å². The van der Waals surface area contributed by atoms with Crippen LogP contribution in [0.25, 0.3) is 0 Å². The number of carbonyl (C=O) groups is 1. The fourth-order valence-electron chi connectivity index (χ4n) is 14.2. The molecule has 0 unspecified atom stereocenters. The third-order valence-corrected chi connectivity index (χ3v) is 17.3. The van der Waals surface area contributed by atoms with Crippen LogP contribution in [0, 0.1) is 56.7 Å². The van der Waals surface area contributed by atoms with Crippen LogP contribution in [-0.4, -0.2) is 34.5 Å². The molecule has 0 heterocycles. The van der Waals surface area contributed by atoms with Gasteiger partial charge in [0.25, 0.3) is 0 Å². The summed E-state index contributed by atoms with van der Waals surface area (Å²) in [4.78, 5) is 13.2. The molecule has 5 saturated carbocycles. The number of aliphatic hydroxyl groups excluding tert-OH is 2. The minimum absolute atomic E-state index is 0.0269. The maximum absolute atomic E-state index is 13.2. The number of ether oxygens (including phenoxy) is 1. The number of hydrogen-bond acceptors (Lipinski definition) is 4. The Kier molecular flexibility index (Phi) is 12.8. The van der Waals surface area contributed by atoms with Crippen LogP contribution in [-0.2, 0) is 9.53 Å². The van der Waals surface area contributed by atoms with Crippen molar-refractivity contribution in [1.29, 1.82) is 0 Å². The minimum Gasteiger partial charge on any atom is -0.462 e. The first kappa shape index (κ1) is 40.3. The average molecular weight is 697 g/mol. The summed E-state index contributed by atoms with van der Waals surface area (Å²) in [5.74, 6) is 2.02. The van der Waals surface area contributed by atoms with Crippen molar-refractivity contribution < 1.29 is 19.7 Å². The normalized spacial score (nSPS) is 43.3. The van der Waals surface area contributed by atoms with Crippen LogP contribution in [0.2, 0.25) is 0 Å². The summed E-state index contributed by atoms with van der Waals surface area (Å²) in [6, 6.07) is 0. The first-order valence-electron chi connectivity index (χ1n) is 21.8. The number of esters is 1. The molecular weight excluding hydrogens is 617 g/mol. The van der Waals surface area contributed by atoms with Crippen LogP contribution < -0.4 is 0 Å². The molecule has 0 aromatic rings. The van der Waals surface area contributed by atoms with Crippen molar-refractivity contribution in [1.82, 2.24) is 0 Å². The smallest absolute Gasteiger partial charge is 0.306 e. The van der Waals surface area contributed by atoms with Crippen molar-refractivity contribution in [2.75, 3.05) is 0 Å². The Balaban J connectivity index is 1.16. The molecule has 288 valence electrons. The number of rotatable bonds is 16. The molecule has 0 aliphatic heterocycles. The lowest BCUT2D eigenvalue weighted by Crippen LogP contribution is -2.73. The van der Waals surface area contributed by atoms with E-state index in [0.29, 0.717) is 30.1 Å². The maximum atomic E-state index is 13.2. The minimum atomic E-state index is -0.485. The second-order valence-electron chi connectivity index (χ2n) is 20.3. The van der Waals surface area contributed by atoms with Gasteiger partial charge in [0.1, 0.15) is 6.10 Å². The molecule has 0 bridgehead atoms. The summed E-state index contributed by atoms with van der Waals surface area (Å²) >= 11 is 0. The summed E-state index contributed by atoms with van der Waals surface area (Å²) < 4.78 is 6.35. The van der Waals surface area contributed by atoms with Gasteiger partial charge in [0.2, 0.25) is 0 Å². The van der Waals surface area contributed by atoms with E-state index >= 15 is 0 Å². The largest absolute Gasteiger partial charge is 0.462 e. The molecule has 5 aliphatic rings. The van der Waals surface area contributed by atoms with Gasteiger partial charge in [-0.05, 0) is 105 Å². The number of unbranched alkanes of at least 4 members (excludes halogenated alkanes) is 12. The monoisotopic (exact) mass is 697 g/mol. The Morgan fingerprint density at radius 1 is 0.720 bits per heavy atom. The molecule has 12 atom stereocenters. The highest BCUT2D eigenvalue weighted by atomic mass is 16.5. The number of allylic oxidation sites excluding steroid dienone is 1. The maximum Gasteiger partial charge on any atom is 0.306 e. The molecule has 4 heteroatoms. The van der Waals surface area contributed by atoms with Gasteiger partial charge in [0, 0.05) is 22.7 Å². The SMILES string of the molecule is C=C(C)[C@@H]1CC[C@]2(C)C[C@H](O)[C@]3(C)[C@H](CC[C@@H]4[C@@]5(C)CC[C@H](OC(=O)CCCCCCCCCCCCCCC)C(C)(C)[C@@H]5C[C@H](O)[C@]43C)[C@@H]12. The molecule has 0 spiro atoms. The van der Waals surface area contributed by atoms with E-state index in [9.17, 15) is 15.0 Å². The van der Waals surface area contributed by atoms with Gasteiger partial charge in [-0.1, -0.05) is 138 Å². The molecule has 0 aromatic heterocycles. The van der Waals surface area contributed by atoms with Gasteiger partial charge >= 0.3 is 5.97 Å². The average Bonchev–Trinajstić information content (AvgIpc) is 3.40. The van der Waals surface area contributed by atoms with Crippen LogP contribution in [0.3, 0.4) is 0 Å². The molecule has 5 aliphatic carbocycles. The number of carbonyl (C=O) groups excluding carboxylic acids is 1. The Bertz CT molecular complexity index is 1160. The molecule has 0 aromatic carbocycles. The molecule has 0 saturated heterocycles. The van der Waals surface area contributed by atoms with E-state index in [1.165, 1.54) is 89.0 Å². The Labute approximate surface area is 308 Å². The second-order valence-corrected chi connectivity index (χ2v) is 20.3. The summed E-state index contributed by atoms with van der Waals surface area (Å²) in [5, 5.41) is 24.7. The molecular formula is C46H80O4. The van der Waals surface area contributed by atoms with E-state index in [-0.39, 0.29) is 45.1 Å². The Morgan fingerprint density at radius 2 is 1.30 bits per heavy atom. The van der Waals surface area contributed by atoms with E-state index < -0.39 is 12.2 Å². The predicted molar refractivity (Wildman–Crippen MR) is 208 cm³/mol. The summed E-state index contributed by atoms with van der Waals surface area (Å²) in [5.41, 5.74) is 0.584. The number of aliphatic hydroxyl groups is 2. The van der Waals surface area contributed by atoms with E-state index in [1.54, 1.807) is 0 Å². The zero-order valence-corrected chi connectivity index (χ0v) is 34.1. The predicted octanol–water partition coefficient (Wildman–Crippen LogP) is 12.0. The van der Waals surface area contributed by atoms with Gasteiger partial charge in [0.05, 0.1) is 12.2 Å². The summed E-state index contributed by atoms with van der Waals surface area (Å²) in [6.07, 6.45) is 24.6. The van der Waals surface area contributed by atoms with Crippen molar-refractivity contribution in [3.8, 4) is 0 Å². The number of fused-ring (bicyclic) bond motifs is 7.